The normalized spacial score (nSPS) is 11.8. The Morgan fingerprint density at radius 1 is 1.37 bits per heavy atom. The maximum atomic E-state index is 11.7. The van der Waals surface area contributed by atoms with E-state index in [0.717, 1.165) is 4.88 Å². The van der Waals surface area contributed by atoms with Crippen molar-refractivity contribution >= 4 is 23.2 Å². The van der Waals surface area contributed by atoms with Crippen molar-refractivity contribution in [2.45, 2.75) is 13.0 Å². The van der Waals surface area contributed by atoms with Gasteiger partial charge in [0.2, 0.25) is 5.91 Å². The first kappa shape index (κ1) is 13.4. The maximum Gasteiger partial charge on any atom is 0.287 e. The summed E-state index contributed by atoms with van der Waals surface area (Å²) >= 11 is 1.58. The van der Waals surface area contributed by atoms with Gasteiger partial charge in [-0.15, -0.1) is 11.3 Å². The first-order valence-electron chi connectivity index (χ1n) is 5.81. The number of nitrogens with one attached hydrogen (secondary N) is 2. The molecule has 2 heterocycles. The number of carbonyl (C=O) groups is 2. The van der Waals surface area contributed by atoms with Crippen molar-refractivity contribution in [1.29, 1.82) is 0 Å². The predicted molar refractivity (Wildman–Crippen MR) is 71.9 cm³/mol. The van der Waals surface area contributed by atoms with E-state index in [1.807, 2.05) is 24.4 Å². The van der Waals surface area contributed by atoms with Crippen molar-refractivity contribution in [3.8, 4) is 0 Å². The zero-order valence-corrected chi connectivity index (χ0v) is 11.2. The van der Waals surface area contributed by atoms with Crippen LogP contribution in [-0.4, -0.2) is 18.4 Å². The molecular formula is C13H14N2O3S. The number of hydrogen-bond acceptors (Lipinski definition) is 4. The number of carbonyl (C=O) groups excluding carboxylic acids is 2. The summed E-state index contributed by atoms with van der Waals surface area (Å²) in [6.45, 7) is 1.83. The van der Waals surface area contributed by atoms with E-state index in [9.17, 15) is 9.59 Å². The highest BCUT2D eigenvalue weighted by atomic mass is 32.1. The first-order valence-corrected chi connectivity index (χ1v) is 6.69. The van der Waals surface area contributed by atoms with Crippen molar-refractivity contribution < 1.29 is 14.0 Å². The Morgan fingerprint density at radius 3 is 2.84 bits per heavy atom. The molecule has 19 heavy (non-hydrogen) atoms. The van der Waals surface area contributed by atoms with Gasteiger partial charge in [0.25, 0.3) is 5.91 Å². The van der Waals surface area contributed by atoms with E-state index >= 15 is 0 Å². The minimum atomic E-state index is -0.399. The SMILES string of the molecule is CC(NC(=O)CNC(=O)c1ccco1)c1cccs1. The molecule has 2 aromatic rings. The van der Waals surface area contributed by atoms with Gasteiger partial charge in [0, 0.05) is 4.88 Å². The van der Waals surface area contributed by atoms with E-state index in [0.29, 0.717) is 0 Å². The van der Waals surface area contributed by atoms with Crippen molar-refractivity contribution in [1.82, 2.24) is 10.6 Å². The minimum absolute atomic E-state index is 0.0620. The molecule has 0 spiro atoms. The predicted octanol–water partition coefficient (Wildman–Crippen LogP) is 1.95. The third kappa shape index (κ3) is 3.69. The smallest absolute Gasteiger partial charge is 0.287 e. The monoisotopic (exact) mass is 278 g/mol. The number of rotatable bonds is 5. The van der Waals surface area contributed by atoms with Crippen LogP contribution in [0.5, 0.6) is 0 Å². The van der Waals surface area contributed by atoms with Crippen LogP contribution in [0.1, 0.15) is 28.4 Å². The summed E-state index contributed by atoms with van der Waals surface area (Å²) in [7, 11) is 0. The molecule has 0 fully saturated rings. The Hall–Kier alpha value is -2.08. The molecule has 0 bridgehead atoms. The zero-order valence-electron chi connectivity index (χ0n) is 10.4. The third-order valence-electron chi connectivity index (χ3n) is 2.50. The highest BCUT2D eigenvalue weighted by Crippen LogP contribution is 2.17. The molecule has 1 atom stereocenters. The van der Waals surface area contributed by atoms with Gasteiger partial charge in [-0.2, -0.15) is 0 Å². The van der Waals surface area contributed by atoms with Crippen LogP contribution in [0.3, 0.4) is 0 Å². The standard InChI is InChI=1S/C13H14N2O3S/c1-9(11-5-3-7-19-11)15-12(16)8-14-13(17)10-4-2-6-18-10/h2-7,9H,8H2,1H3,(H,14,17)(H,15,16). The zero-order chi connectivity index (χ0) is 13.7. The molecule has 6 heteroatoms. The van der Waals surface area contributed by atoms with E-state index in [-0.39, 0.29) is 24.3 Å². The van der Waals surface area contributed by atoms with Gasteiger partial charge in [-0.3, -0.25) is 9.59 Å². The average molecular weight is 278 g/mol. The molecule has 1 unspecified atom stereocenters. The summed E-state index contributed by atoms with van der Waals surface area (Å²) in [5.74, 6) is -0.441. The van der Waals surface area contributed by atoms with Crippen LogP contribution in [-0.2, 0) is 4.79 Å². The molecule has 0 aliphatic carbocycles. The van der Waals surface area contributed by atoms with Gasteiger partial charge in [-0.05, 0) is 30.5 Å². The number of furan rings is 1. The van der Waals surface area contributed by atoms with E-state index in [1.54, 1.807) is 23.5 Å². The van der Waals surface area contributed by atoms with E-state index in [1.165, 1.54) is 6.26 Å². The average Bonchev–Trinajstić information content (AvgIpc) is 3.07. The largest absolute Gasteiger partial charge is 0.459 e. The summed E-state index contributed by atoms with van der Waals surface area (Å²) < 4.78 is 4.93. The van der Waals surface area contributed by atoms with Gasteiger partial charge in [0.05, 0.1) is 18.8 Å². The number of thiophene rings is 1. The summed E-state index contributed by atoms with van der Waals surface area (Å²) in [5, 5.41) is 7.26. The van der Waals surface area contributed by atoms with Gasteiger partial charge >= 0.3 is 0 Å². The quantitative estimate of drug-likeness (QED) is 0.878. The van der Waals surface area contributed by atoms with Gasteiger partial charge in [-0.1, -0.05) is 6.07 Å². The Bertz CT molecular complexity index is 534. The second kappa shape index (κ2) is 6.19. The highest BCUT2D eigenvalue weighted by molar-refractivity contribution is 7.10. The van der Waals surface area contributed by atoms with Gasteiger partial charge in [0.1, 0.15) is 0 Å². The lowest BCUT2D eigenvalue weighted by atomic mass is 10.3. The summed E-state index contributed by atoms with van der Waals surface area (Å²) in [5.41, 5.74) is 0. The number of hydrogen-bond donors (Lipinski definition) is 2. The summed E-state index contributed by atoms with van der Waals surface area (Å²) in [4.78, 5) is 24.3. The Morgan fingerprint density at radius 2 is 2.21 bits per heavy atom. The van der Waals surface area contributed by atoms with Crippen LogP contribution in [0.15, 0.2) is 40.3 Å². The fourth-order valence-corrected chi connectivity index (χ4v) is 2.29. The van der Waals surface area contributed by atoms with Crippen LogP contribution in [0.25, 0.3) is 0 Å². The van der Waals surface area contributed by atoms with Crippen LogP contribution < -0.4 is 10.6 Å². The molecule has 2 aromatic heterocycles. The molecule has 0 saturated carbocycles. The van der Waals surface area contributed by atoms with E-state index in [4.69, 9.17) is 4.42 Å². The molecule has 5 nitrogen and oxygen atoms in total. The van der Waals surface area contributed by atoms with Crippen molar-refractivity contribution in [2.24, 2.45) is 0 Å². The molecule has 0 aliphatic rings. The fraction of sp³-hybridized carbons (Fsp3) is 0.231. The van der Waals surface area contributed by atoms with Crippen molar-refractivity contribution in [3.63, 3.8) is 0 Å². The van der Waals surface area contributed by atoms with Crippen LogP contribution in [0.2, 0.25) is 0 Å². The topological polar surface area (TPSA) is 71.3 Å². The lowest BCUT2D eigenvalue weighted by molar-refractivity contribution is -0.120. The molecule has 0 radical (unpaired) electrons. The third-order valence-corrected chi connectivity index (χ3v) is 3.56. The molecule has 2 N–H and O–H groups in total. The van der Waals surface area contributed by atoms with Gasteiger partial charge in [0.15, 0.2) is 5.76 Å². The van der Waals surface area contributed by atoms with Gasteiger partial charge in [-0.25, -0.2) is 0 Å². The molecule has 2 amide bonds. The molecule has 2 rings (SSSR count). The molecule has 0 aromatic carbocycles. The van der Waals surface area contributed by atoms with Crippen LogP contribution in [0.4, 0.5) is 0 Å². The number of amides is 2. The van der Waals surface area contributed by atoms with Crippen LogP contribution in [0, 0.1) is 0 Å². The molecule has 0 saturated heterocycles. The highest BCUT2D eigenvalue weighted by Gasteiger charge is 2.13. The second-order valence-electron chi connectivity index (χ2n) is 3.96. The minimum Gasteiger partial charge on any atom is -0.459 e. The summed E-state index contributed by atoms with van der Waals surface area (Å²) in [6.07, 6.45) is 1.41. The van der Waals surface area contributed by atoms with E-state index in [2.05, 4.69) is 10.6 Å². The Balaban J connectivity index is 1.77. The fourth-order valence-electron chi connectivity index (χ4n) is 1.56. The maximum absolute atomic E-state index is 11.7. The van der Waals surface area contributed by atoms with Gasteiger partial charge < -0.3 is 15.1 Å². The van der Waals surface area contributed by atoms with E-state index < -0.39 is 5.91 Å². The van der Waals surface area contributed by atoms with Crippen LogP contribution >= 0.6 is 11.3 Å². The lowest BCUT2D eigenvalue weighted by Gasteiger charge is -2.12. The summed E-state index contributed by atoms with van der Waals surface area (Å²) in [6, 6.07) is 6.99. The second-order valence-corrected chi connectivity index (χ2v) is 4.94. The molecular weight excluding hydrogens is 264 g/mol. The lowest BCUT2D eigenvalue weighted by Crippen LogP contribution is -2.37. The Labute approximate surface area is 114 Å². The molecule has 0 aliphatic heterocycles. The van der Waals surface area contributed by atoms with Crippen molar-refractivity contribution in [2.75, 3.05) is 6.54 Å². The first-order chi connectivity index (χ1) is 9.16. The van der Waals surface area contributed by atoms with Crippen molar-refractivity contribution in [3.05, 3.63) is 46.5 Å². The molecule has 100 valence electrons. The Kier molecular flexibility index (Phi) is 4.35.